The van der Waals surface area contributed by atoms with Gasteiger partial charge in [-0.1, -0.05) is 0 Å². The number of phenols is 3. The lowest BCUT2D eigenvalue weighted by molar-refractivity contribution is -0.00000943. The van der Waals surface area contributed by atoms with E-state index in [-0.39, 0.29) is 29.5 Å². The highest BCUT2D eigenvalue weighted by Gasteiger charge is 2.26. The van der Waals surface area contributed by atoms with Crippen LogP contribution in [0.4, 0.5) is 0 Å². The highest BCUT2D eigenvalue weighted by molar-refractivity contribution is 5.89. The van der Waals surface area contributed by atoms with Gasteiger partial charge in [0, 0.05) is 24.3 Å². The van der Waals surface area contributed by atoms with Gasteiger partial charge in [0.15, 0.2) is 17.2 Å². The maximum absolute atomic E-state index is 10.3. The van der Waals surface area contributed by atoms with Crippen LogP contribution in [0.3, 0.4) is 0 Å². The van der Waals surface area contributed by atoms with Crippen molar-refractivity contribution in [2.75, 3.05) is 14.2 Å². The van der Waals surface area contributed by atoms with Crippen LogP contribution in [-0.2, 0) is 0 Å². The summed E-state index contributed by atoms with van der Waals surface area (Å²) in [4.78, 5) is 0. The molecule has 2 aromatic carbocycles. The molecule has 132 valence electrons. The summed E-state index contributed by atoms with van der Waals surface area (Å²) in [5.74, 6) is -1.01. The average molecular weight is 367 g/mol. The quantitative estimate of drug-likeness (QED) is 0.388. The van der Waals surface area contributed by atoms with E-state index in [1.165, 1.54) is 20.3 Å². The number of hydrogen-bond acceptors (Lipinski definition) is 6. The average Bonchev–Trinajstić information content (AvgIpc) is 2.57. The Kier molecular flexibility index (Phi) is 4.99. The van der Waals surface area contributed by atoms with Gasteiger partial charge in [-0.2, -0.15) is 0 Å². The Bertz CT molecular complexity index is 917. The zero-order valence-corrected chi connectivity index (χ0v) is 14.0. The van der Waals surface area contributed by atoms with Crippen LogP contribution in [0.1, 0.15) is 0 Å². The normalized spacial score (nSPS) is 10.3. The number of rotatable bonds is 3. The maximum Gasteiger partial charge on any atom is 0.402 e. The second-order valence-electron chi connectivity index (χ2n) is 5.07. The van der Waals surface area contributed by atoms with Crippen molar-refractivity contribution in [3.05, 3.63) is 30.3 Å². The molecule has 0 atom stereocenters. The summed E-state index contributed by atoms with van der Waals surface area (Å²) in [6, 6.07) is 7.02. The van der Waals surface area contributed by atoms with Gasteiger partial charge in [-0.15, -0.1) is 0 Å². The molecular formula is C17H15ClO7. The molecule has 7 nitrogen and oxygen atoms in total. The van der Waals surface area contributed by atoms with E-state index >= 15 is 0 Å². The van der Waals surface area contributed by atoms with Crippen LogP contribution in [-0.4, -0.2) is 34.6 Å². The molecule has 0 unspecified atom stereocenters. The molecule has 4 N–H and O–H groups in total. The van der Waals surface area contributed by atoms with Gasteiger partial charge in [-0.3, -0.25) is 0 Å². The SMILES string of the molecule is COc1cc(OC)c2cc(O)c(-c3cc(O)c(O)c(O)c3)[o+]c2c1.[Cl-]. The molecule has 8 heteroatoms. The minimum atomic E-state index is -0.651. The minimum Gasteiger partial charge on any atom is -1.00 e. The first-order chi connectivity index (χ1) is 11.4. The molecule has 0 amide bonds. The molecule has 1 heterocycles. The van der Waals surface area contributed by atoms with E-state index in [9.17, 15) is 20.4 Å². The van der Waals surface area contributed by atoms with Gasteiger partial charge in [0.1, 0.15) is 16.9 Å². The molecule has 1 aromatic heterocycles. The van der Waals surface area contributed by atoms with Gasteiger partial charge in [0.05, 0.1) is 25.8 Å². The van der Waals surface area contributed by atoms with E-state index in [0.717, 1.165) is 12.1 Å². The molecule has 3 rings (SSSR count). The van der Waals surface area contributed by atoms with Gasteiger partial charge in [0.2, 0.25) is 5.75 Å². The van der Waals surface area contributed by atoms with Crippen LogP contribution in [0, 0.1) is 0 Å². The predicted molar refractivity (Wildman–Crippen MR) is 85.8 cm³/mol. The second-order valence-corrected chi connectivity index (χ2v) is 5.07. The van der Waals surface area contributed by atoms with E-state index in [1.807, 2.05) is 0 Å². The number of fused-ring (bicyclic) bond motifs is 1. The maximum atomic E-state index is 10.3. The topological polar surface area (TPSA) is 111 Å². The highest BCUT2D eigenvalue weighted by Crippen LogP contribution is 2.43. The van der Waals surface area contributed by atoms with E-state index in [1.54, 1.807) is 12.1 Å². The number of phenolic OH excluding ortho intramolecular Hbond substituents is 3. The summed E-state index contributed by atoms with van der Waals surface area (Å²) < 4.78 is 16.1. The third-order valence-electron chi connectivity index (χ3n) is 3.59. The standard InChI is InChI=1S/C17H14O7.ClH/c1-22-9-5-14(23-2)10-7-13(20)17(24-15(10)6-9)8-3-11(18)16(21)12(19)4-8;/h3-7H,1-2H3,(H3-,18,19,20,21);1H. The molecule has 0 fully saturated rings. The number of halogens is 1. The van der Waals surface area contributed by atoms with Gasteiger partial charge in [-0.25, -0.2) is 4.42 Å². The van der Waals surface area contributed by atoms with Crippen LogP contribution in [0.2, 0.25) is 0 Å². The molecule has 0 radical (unpaired) electrons. The Labute approximate surface area is 148 Å². The Morgan fingerprint density at radius 1 is 0.800 bits per heavy atom. The molecule has 0 bridgehead atoms. The van der Waals surface area contributed by atoms with Crippen molar-refractivity contribution in [2.45, 2.75) is 0 Å². The van der Waals surface area contributed by atoms with Crippen molar-refractivity contribution in [1.82, 2.24) is 0 Å². The fraction of sp³-hybridized carbons (Fsp3) is 0.118. The van der Waals surface area contributed by atoms with Crippen molar-refractivity contribution in [3.8, 4) is 45.8 Å². The van der Waals surface area contributed by atoms with Crippen LogP contribution in [0.15, 0.2) is 34.7 Å². The molecule has 25 heavy (non-hydrogen) atoms. The van der Waals surface area contributed by atoms with E-state index < -0.39 is 17.2 Å². The van der Waals surface area contributed by atoms with Crippen LogP contribution in [0.5, 0.6) is 34.5 Å². The van der Waals surface area contributed by atoms with Crippen molar-refractivity contribution in [1.29, 1.82) is 0 Å². The van der Waals surface area contributed by atoms with Gasteiger partial charge >= 0.3 is 11.3 Å². The first kappa shape index (κ1) is 18.3. The van der Waals surface area contributed by atoms with E-state index in [0.29, 0.717) is 22.5 Å². The summed E-state index contributed by atoms with van der Waals surface area (Å²) >= 11 is 0. The summed E-state index contributed by atoms with van der Waals surface area (Å²) in [5.41, 5.74) is 0.551. The molecule has 3 aromatic rings. The molecule has 0 aliphatic rings. The van der Waals surface area contributed by atoms with Crippen molar-refractivity contribution >= 4 is 11.0 Å². The lowest BCUT2D eigenvalue weighted by Gasteiger charge is -2.06. The van der Waals surface area contributed by atoms with Gasteiger partial charge < -0.3 is 42.3 Å². The summed E-state index contributed by atoms with van der Waals surface area (Å²) in [6.45, 7) is 0. The number of ether oxygens (including phenoxy) is 2. The highest BCUT2D eigenvalue weighted by atomic mass is 35.5. The Morgan fingerprint density at radius 2 is 1.44 bits per heavy atom. The Hall–Kier alpha value is -3.06. The molecular weight excluding hydrogens is 352 g/mol. The summed E-state index contributed by atoms with van der Waals surface area (Å²) in [7, 11) is 2.98. The number of hydrogen-bond donors (Lipinski definition) is 4. The Balaban J connectivity index is 0.00000225. The lowest BCUT2D eigenvalue weighted by atomic mass is 10.1. The molecule has 0 saturated carbocycles. The smallest absolute Gasteiger partial charge is 0.402 e. The van der Waals surface area contributed by atoms with Gasteiger partial charge in [-0.05, 0) is 0 Å². The third kappa shape index (κ3) is 3.14. The monoisotopic (exact) mass is 366 g/mol. The molecule has 0 spiro atoms. The zero-order chi connectivity index (χ0) is 17.4. The van der Waals surface area contributed by atoms with Crippen molar-refractivity contribution in [3.63, 3.8) is 0 Å². The van der Waals surface area contributed by atoms with E-state index in [4.69, 9.17) is 13.9 Å². The summed E-state index contributed by atoms with van der Waals surface area (Å²) in [6.07, 6.45) is 0. The Morgan fingerprint density at radius 3 is 2.00 bits per heavy atom. The number of methoxy groups -OCH3 is 2. The first-order valence-corrected chi connectivity index (χ1v) is 6.91. The fourth-order valence-corrected chi connectivity index (χ4v) is 2.40. The number of aromatic hydroxyl groups is 4. The first-order valence-electron chi connectivity index (χ1n) is 6.91. The third-order valence-corrected chi connectivity index (χ3v) is 3.59. The fourth-order valence-electron chi connectivity index (χ4n) is 2.40. The molecule has 0 aliphatic carbocycles. The van der Waals surface area contributed by atoms with Crippen molar-refractivity contribution < 1.29 is 46.7 Å². The lowest BCUT2D eigenvalue weighted by Crippen LogP contribution is -3.00. The zero-order valence-electron chi connectivity index (χ0n) is 13.3. The van der Waals surface area contributed by atoms with Crippen molar-refractivity contribution in [2.24, 2.45) is 0 Å². The van der Waals surface area contributed by atoms with Crippen LogP contribution >= 0.6 is 0 Å². The van der Waals surface area contributed by atoms with Crippen LogP contribution < -0.4 is 21.9 Å². The van der Waals surface area contributed by atoms with Crippen LogP contribution in [0.25, 0.3) is 22.3 Å². The predicted octanol–water partition coefficient (Wildman–Crippen LogP) is 0.225. The van der Waals surface area contributed by atoms with Gasteiger partial charge in [0.25, 0.3) is 0 Å². The number of benzene rings is 2. The summed E-state index contributed by atoms with van der Waals surface area (Å²) in [5, 5.41) is 39.5. The van der Waals surface area contributed by atoms with E-state index in [2.05, 4.69) is 0 Å². The largest absolute Gasteiger partial charge is 1.00 e. The molecule has 0 saturated heterocycles. The minimum absolute atomic E-state index is 0. The second kappa shape index (κ2) is 6.82. The molecule has 0 aliphatic heterocycles.